The Hall–Kier alpha value is 0.120. The van der Waals surface area contributed by atoms with E-state index in [1.165, 1.54) is 0 Å². The number of halogens is 1. The number of sulfonamides is 1. The van der Waals surface area contributed by atoms with Crippen LogP contribution in [0, 0.1) is 0 Å². The van der Waals surface area contributed by atoms with Crippen LogP contribution in [0.5, 0.6) is 0 Å². The summed E-state index contributed by atoms with van der Waals surface area (Å²) >= 11 is 0. The van der Waals surface area contributed by atoms with Crippen molar-refractivity contribution in [3.05, 3.63) is 0 Å². The normalized spacial score (nSPS) is 28.9. The molecular weight excluding hydrogens is 276 g/mol. The van der Waals surface area contributed by atoms with Crippen LogP contribution in [0.4, 0.5) is 0 Å². The highest BCUT2D eigenvalue weighted by atomic mass is 35.5. The van der Waals surface area contributed by atoms with E-state index in [9.17, 15) is 8.42 Å². The Morgan fingerprint density at radius 2 is 2.06 bits per heavy atom. The van der Waals surface area contributed by atoms with Crippen molar-refractivity contribution in [2.75, 3.05) is 25.4 Å². The first-order chi connectivity index (χ1) is 8.16. The minimum Gasteiger partial charge on any atom is -0.377 e. The topological polar surface area (TPSA) is 67.4 Å². The average molecular weight is 299 g/mol. The summed E-state index contributed by atoms with van der Waals surface area (Å²) in [5.74, 6) is 0.111. The lowest BCUT2D eigenvalue weighted by molar-refractivity contribution is 0.0304. The van der Waals surface area contributed by atoms with Gasteiger partial charge in [-0.1, -0.05) is 0 Å². The molecule has 0 aromatic rings. The van der Waals surface area contributed by atoms with Crippen molar-refractivity contribution in [2.45, 2.75) is 44.2 Å². The molecule has 7 heteroatoms. The number of ether oxygens (including phenoxy) is 1. The maximum atomic E-state index is 11.8. The van der Waals surface area contributed by atoms with Crippen molar-refractivity contribution in [3.8, 4) is 0 Å². The molecule has 2 aliphatic heterocycles. The first-order valence-electron chi connectivity index (χ1n) is 6.48. The molecule has 2 atom stereocenters. The second-order valence-corrected chi connectivity index (χ2v) is 6.76. The van der Waals surface area contributed by atoms with Crippen molar-refractivity contribution in [2.24, 2.45) is 0 Å². The van der Waals surface area contributed by atoms with Gasteiger partial charge in [0.15, 0.2) is 0 Å². The van der Waals surface area contributed by atoms with Crippen molar-refractivity contribution >= 4 is 22.4 Å². The molecule has 0 aromatic heterocycles. The molecular formula is C11H23ClN2O3S. The van der Waals surface area contributed by atoms with Crippen LogP contribution in [-0.2, 0) is 14.8 Å². The summed E-state index contributed by atoms with van der Waals surface area (Å²) in [5, 5.41) is 3.27. The van der Waals surface area contributed by atoms with E-state index in [1.54, 1.807) is 0 Å². The summed E-state index contributed by atoms with van der Waals surface area (Å²) in [5.41, 5.74) is 0. The van der Waals surface area contributed by atoms with E-state index in [2.05, 4.69) is 10.0 Å². The predicted molar refractivity (Wildman–Crippen MR) is 73.7 cm³/mol. The van der Waals surface area contributed by atoms with Crippen LogP contribution in [0.15, 0.2) is 0 Å². The van der Waals surface area contributed by atoms with Gasteiger partial charge in [0.05, 0.1) is 11.9 Å². The zero-order valence-electron chi connectivity index (χ0n) is 10.6. The fourth-order valence-electron chi connectivity index (χ4n) is 2.40. The Morgan fingerprint density at radius 1 is 1.22 bits per heavy atom. The Balaban J connectivity index is 0.00000162. The third kappa shape index (κ3) is 5.40. The smallest absolute Gasteiger partial charge is 0.214 e. The van der Waals surface area contributed by atoms with Gasteiger partial charge in [-0.15, -0.1) is 12.4 Å². The lowest BCUT2D eigenvalue weighted by atomic mass is 10.1. The Kier molecular flexibility index (Phi) is 6.87. The molecule has 0 saturated carbocycles. The van der Waals surface area contributed by atoms with Crippen LogP contribution in [-0.4, -0.2) is 46.0 Å². The van der Waals surface area contributed by atoms with E-state index in [0.29, 0.717) is 19.2 Å². The zero-order valence-corrected chi connectivity index (χ0v) is 12.2. The molecule has 2 fully saturated rings. The number of nitrogens with one attached hydrogen (secondary N) is 2. The van der Waals surface area contributed by atoms with E-state index in [-0.39, 0.29) is 24.3 Å². The van der Waals surface area contributed by atoms with Crippen molar-refractivity contribution < 1.29 is 13.2 Å². The number of hydrogen-bond donors (Lipinski definition) is 2. The minimum atomic E-state index is -3.18. The second kappa shape index (κ2) is 7.65. The molecule has 2 unspecified atom stereocenters. The maximum Gasteiger partial charge on any atom is 0.214 e. The molecule has 2 aliphatic rings. The molecule has 0 spiro atoms. The van der Waals surface area contributed by atoms with Crippen LogP contribution in [0.25, 0.3) is 0 Å². The van der Waals surface area contributed by atoms with Gasteiger partial charge >= 0.3 is 0 Å². The van der Waals surface area contributed by atoms with Crippen LogP contribution in [0.1, 0.15) is 32.1 Å². The Labute approximate surface area is 116 Å². The van der Waals surface area contributed by atoms with Crippen LogP contribution < -0.4 is 10.0 Å². The maximum absolute atomic E-state index is 11.8. The fourth-order valence-corrected chi connectivity index (χ4v) is 3.73. The molecule has 0 aromatic carbocycles. The van der Waals surface area contributed by atoms with Gasteiger partial charge in [0.25, 0.3) is 0 Å². The summed E-state index contributed by atoms with van der Waals surface area (Å²) in [6, 6.07) is 0.303. The summed E-state index contributed by atoms with van der Waals surface area (Å²) < 4.78 is 31.8. The van der Waals surface area contributed by atoms with Crippen molar-refractivity contribution in [1.29, 1.82) is 0 Å². The largest absolute Gasteiger partial charge is 0.377 e. The van der Waals surface area contributed by atoms with Crippen LogP contribution in [0.3, 0.4) is 0 Å². The Morgan fingerprint density at radius 3 is 2.67 bits per heavy atom. The SMILES string of the molecule is Cl.O=S(=O)(CC1CCCCO1)NCC1CCCN1. The van der Waals surface area contributed by atoms with Gasteiger partial charge in [-0.05, 0) is 38.6 Å². The summed E-state index contributed by atoms with van der Waals surface area (Å²) in [7, 11) is -3.18. The lowest BCUT2D eigenvalue weighted by Gasteiger charge is -2.22. The summed E-state index contributed by atoms with van der Waals surface area (Å²) in [6.45, 7) is 2.21. The van der Waals surface area contributed by atoms with E-state index >= 15 is 0 Å². The standard InChI is InChI=1S/C11H22N2O3S.ClH/c14-17(15,9-11-5-1-2-7-16-11)13-8-10-4-3-6-12-10;/h10-13H,1-9H2;1H. The highest BCUT2D eigenvalue weighted by Gasteiger charge is 2.23. The molecule has 5 nitrogen and oxygen atoms in total. The van der Waals surface area contributed by atoms with E-state index in [0.717, 1.165) is 38.6 Å². The monoisotopic (exact) mass is 298 g/mol. The lowest BCUT2D eigenvalue weighted by Crippen LogP contribution is -2.41. The third-order valence-corrected chi connectivity index (χ3v) is 4.81. The molecule has 2 rings (SSSR count). The molecule has 2 N–H and O–H groups in total. The average Bonchev–Trinajstić information content (AvgIpc) is 2.80. The highest BCUT2D eigenvalue weighted by molar-refractivity contribution is 7.89. The van der Waals surface area contributed by atoms with Gasteiger partial charge < -0.3 is 10.1 Å². The molecule has 0 amide bonds. The predicted octanol–water partition coefficient (Wildman–Crippen LogP) is 0.649. The Bertz CT molecular complexity index is 325. The molecule has 0 aliphatic carbocycles. The van der Waals surface area contributed by atoms with E-state index < -0.39 is 10.0 Å². The van der Waals surface area contributed by atoms with E-state index in [1.807, 2.05) is 0 Å². The summed E-state index contributed by atoms with van der Waals surface area (Å²) in [6.07, 6.45) is 5.07. The molecule has 18 heavy (non-hydrogen) atoms. The fraction of sp³-hybridized carbons (Fsp3) is 1.00. The quantitative estimate of drug-likeness (QED) is 0.782. The highest BCUT2D eigenvalue weighted by Crippen LogP contribution is 2.14. The van der Waals surface area contributed by atoms with Gasteiger partial charge in [0.2, 0.25) is 10.0 Å². The summed E-state index contributed by atoms with van der Waals surface area (Å²) in [4.78, 5) is 0. The third-order valence-electron chi connectivity index (χ3n) is 3.39. The van der Waals surface area contributed by atoms with Gasteiger partial charge in [0.1, 0.15) is 0 Å². The van der Waals surface area contributed by atoms with Gasteiger partial charge in [-0.2, -0.15) is 0 Å². The van der Waals surface area contributed by atoms with Crippen molar-refractivity contribution in [3.63, 3.8) is 0 Å². The first kappa shape index (κ1) is 16.2. The van der Waals surface area contributed by atoms with Crippen LogP contribution >= 0.6 is 12.4 Å². The molecule has 108 valence electrons. The van der Waals surface area contributed by atoms with Gasteiger partial charge in [-0.25, -0.2) is 13.1 Å². The first-order valence-corrected chi connectivity index (χ1v) is 8.13. The molecule has 2 saturated heterocycles. The van der Waals surface area contributed by atoms with Gasteiger partial charge in [-0.3, -0.25) is 0 Å². The number of hydrogen-bond acceptors (Lipinski definition) is 4. The minimum absolute atomic E-state index is 0. The van der Waals surface area contributed by atoms with E-state index in [4.69, 9.17) is 4.74 Å². The second-order valence-electron chi connectivity index (χ2n) is 4.91. The molecule has 0 radical (unpaired) electrons. The van der Waals surface area contributed by atoms with Gasteiger partial charge in [0, 0.05) is 19.2 Å². The molecule has 0 bridgehead atoms. The zero-order chi connectivity index (χ0) is 12.1. The molecule has 2 heterocycles. The number of rotatable bonds is 5. The van der Waals surface area contributed by atoms with Crippen molar-refractivity contribution in [1.82, 2.24) is 10.0 Å². The van der Waals surface area contributed by atoms with Crippen LogP contribution in [0.2, 0.25) is 0 Å².